The van der Waals surface area contributed by atoms with Crippen molar-refractivity contribution in [1.29, 1.82) is 0 Å². The van der Waals surface area contributed by atoms with Crippen molar-refractivity contribution in [2.45, 2.75) is 26.3 Å². The summed E-state index contributed by atoms with van der Waals surface area (Å²) in [5.41, 5.74) is 2.26. The summed E-state index contributed by atoms with van der Waals surface area (Å²) in [6.45, 7) is 7.08. The number of fused-ring (bicyclic) bond motifs is 1. The lowest BCUT2D eigenvalue weighted by molar-refractivity contribution is 0.595. The maximum Gasteiger partial charge on any atom is 0.130 e. The van der Waals surface area contributed by atoms with Crippen molar-refractivity contribution in [2.75, 3.05) is 11.9 Å². The Kier molecular flexibility index (Phi) is 1.87. The van der Waals surface area contributed by atoms with Crippen LogP contribution in [0.1, 0.15) is 18.5 Å². The van der Waals surface area contributed by atoms with Gasteiger partial charge in [0.2, 0.25) is 0 Å². The number of allylic oxidation sites excluding steroid dienone is 1. The average molecular weight is 177 g/mol. The largest absolute Gasteiger partial charge is 0.334 e. The van der Waals surface area contributed by atoms with Gasteiger partial charge in [-0.1, -0.05) is 6.58 Å². The minimum absolute atomic E-state index is 1.01. The highest BCUT2D eigenvalue weighted by atomic mass is 15.4. The number of hydrogen-bond acceptors (Lipinski definition) is 2. The van der Waals surface area contributed by atoms with Crippen LogP contribution in [-0.2, 0) is 6.54 Å². The van der Waals surface area contributed by atoms with Gasteiger partial charge in [0.05, 0.1) is 5.69 Å². The van der Waals surface area contributed by atoms with Crippen LogP contribution in [0.3, 0.4) is 0 Å². The molecule has 3 heteroatoms. The van der Waals surface area contributed by atoms with Crippen molar-refractivity contribution >= 4 is 5.82 Å². The average Bonchev–Trinajstić information content (AvgIpc) is 2.40. The molecule has 0 spiro atoms. The van der Waals surface area contributed by atoms with Gasteiger partial charge in [-0.2, -0.15) is 5.10 Å². The van der Waals surface area contributed by atoms with Crippen LogP contribution in [0.25, 0.3) is 0 Å². The van der Waals surface area contributed by atoms with Crippen LogP contribution in [0.5, 0.6) is 0 Å². The molecule has 13 heavy (non-hydrogen) atoms. The second-order valence-electron chi connectivity index (χ2n) is 3.60. The predicted octanol–water partition coefficient (Wildman–Crippen LogP) is 1.94. The lowest BCUT2D eigenvalue weighted by Gasteiger charge is -2.18. The fraction of sp³-hybridized carbons (Fsp3) is 0.500. The molecule has 1 aliphatic rings. The Bertz CT molecular complexity index is 338. The van der Waals surface area contributed by atoms with E-state index < -0.39 is 0 Å². The van der Waals surface area contributed by atoms with Gasteiger partial charge in [0.15, 0.2) is 0 Å². The maximum absolute atomic E-state index is 4.43. The molecule has 2 rings (SSSR count). The summed E-state index contributed by atoms with van der Waals surface area (Å²) in [4.78, 5) is 2.13. The Hall–Kier alpha value is -1.25. The van der Waals surface area contributed by atoms with E-state index in [4.69, 9.17) is 0 Å². The highest BCUT2D eigenvalue weighted by Crippen LogP contribution is 2.24. The molecule has 0 unspecified atom stereocenters. The van der Waals surface area contributed by atoms with Gasteiger partial charge in [0, 0.05) is 25.4 Å². The molecule has 0 saturated carbocycles. The summed E-state index contributed by atoms with van der Waals surface area (Å²) < 4.78 is 2.06. The summed E-state index contributed by atoms with van der Waals surface area (Å²) >= 11 is 0. The third-order valence-corrected chi connectivity index (χ3v) is 2.53. The van der Waals surface area contributed by atoms with Crippen LogP contribution >= 0.6 is 0 Å². The second kappa shape index (κ2) is 2.91. The van der Waals surface area contributed by atoms with Gasteiger partial charge in [-0.3, -0.25) is 0 Å². The van der Waals surface area contributed by atoms with Crippen molar-refractivity contribution in [3.05, 3.63) is 24.0 Å². The molecule has 0 atom stereocenters. The topological polar surface area (TPSA) is 21.1 Å². The molecular weight excluding hydrogens is 162 g/mol. The fourth-order valence-corrected chi connectivity index (χ4v) is 1.73. The zero-order chi connectivity index (χ0) is 9.42. The zero-order valence-corrected chi connectivity index (χ0v) is 8.25. The first kappa shape index (κ1) is 8.35. The molecule has 1 aliphatic heterocycles. The van der Waals surface area contributed by atoms with E-state index in [1.807, 2.05) is 6.92 Å². The summed E-state index contributed by atoms with van der Waals surface area (Å²) in [5.74, 6) is 1.17. The van der Waals surface area contributed by atoms with Crippen molar-refractivity contribution < 1.29 is 0 Å². The van der Waals surface area contributed by atoms with Gasteiger partial charge >= 0.3 is 0 Å². The van der Waals surface area contributed by atoms with E-state index in [1.54, 1.807) is 0 Å². The van der Waals surface area contributed by atoms with E-state index in [-0.39, 0.29) is 0 Å². The third kappa shape index (κ3) is 1.34. The lowest BCUT2D eigenvalue weighted by Crippen LogP contribution is -2.16. The van der Waals surface area contributed by atoms with Crippen LogP contribution in [0.2, 0.25) is 0 Å². The van der Waals surface area contributed by atoms with Gasteiger partial charge in [-0.05, 0) is 19.8 Å². The molecule has 3 nitrogen and oxygen atoms in total. The molecule has 2 heterocycles. The van der Waals surface area contributed by atoms with E-state index in [9.17, 15) is 0 Å². The van der Waals surface area contributed by atoms with Gasteiger partial charge < -0.3 is 4.90 Å². The Labute approximate surface area is 78.7 Å². The Morgan fingerprint density at radius 2 is 2.31 bits per heavy atom. The fourth-order valence-electron chi connectivity index (χ4n) is 1.73. The highest BCUT2D eigenvalue weighted by Gasteiger charge is 2.15. The number of nitrogens with zero attached hydrogens (tertiary/aromatic N) is 3. The number of hydrogen-bond donors (Lipinski definition) is 0. The van der Waals surface area contributed by atoms with Crippen molar-refractivity contribution in [2.24, 2.45) is 0 Å². The number of aryl methyl sites for hydroxylation is 2. The standard InChI is InChI=1S/C10H15N3/c1-8-7-10-12(3)9(2)5-4-6-13(10)11-8/h7H,2,4-6H2,1,3H3. The smallest absolute Gasteiger partial charge is 0.130 e. The van der Waals surface area contributed by atoms with Crippen LogP contribution < -0.4 is 4.90 Å². The molecule has 0 radical (unpaired) electrons. The molecule has 70 valence electrons. The monoisotopic (exact) mass is 177 g/mol. The van der Waals surface area contributed by atoms with Crippen LogP contribution in [0, 0.1) is 6.92 Å². The van der Waals surface area contributed by atoms with E-state index in [0.717, 1.165) is 25.1 Å². The highest BCUT2D eigenvalue weighted by molar-refractivity contribution is 5.46. The van der Waals surface area contributed by atoms with Crippen LogP contribution in [0.15, 0.2) is 18.3 Å². The predicted molar refractivity (Wildman–Crippen MR) is 53.7 cm³/mol. The van der Waals surface area contributed by atoms with Crippen LogP contribution in [-0.4, -0.2) is 16.8 Å². The molecular formula is C10H15N3. The van der Waals surface area contributed by atoms with Crippen molar-refractivity contribution in [3.63, 3.8) is 0 Å². The van der Waals surface area contributed by atoms with Crippen LogP contribution in [0.4, 0.5) is 5.82 Å². The number of rotatable bonds is 0. The van der Waals surface area contributed by atoms with E-state index in [0.29, 0.717) is 0 Å². The quantitative estimate of drug-likeness (QED) is 0.604. The molecule has 0 aliphatic carbocycles. The second-order valence-corrected chi connectivity index (χ2v) is 3.60. The summed E-state index contributed by atoms with van der Waals surface area (Å²) in [5, 5.41) is 4.43. The maximum atomic E-state index is 4.43. The van der Waals surface area contributed by atoms with E-state index in [2.05, 4.69) is 34.4 Å². The first-order valence-electron chi connectivity index (χ1n) is 4.64. The minimum Gasteiger partial charge on any atom is -0.334 e. The summed E-state index contributed by atoms with van der Waals surface area (Å²) in [7, 11) is 2.06. The molecule has 0 amide bonds. The molecule has 0 saturated heterocycles. The first-order valence-corrected chi connectivity index (χ1v) is 4.64. The van der Waals surface area contributed by atoms with Gasteiger partial charge in [0.25, 0.3) is 0 Å². The van der Waals surface area contributed by atoms with E-state index >= 15 is 0 Å². The minimum atomic E-state index is 1.01. The summed E-state index contributed by atoms with van der Waals surface area (Å²) in [6.07, 6.45) is 2.20. The Balaban J connectivity index is 2.44. The SMILES string of the molecule is C=C1CCCn2nc(C)cc2N1C. The Morgan fingerprint density at radius 1 is 1.54 bits per heavy atom. The molecule has 0 N–H and O–H groups in total. The first-order chi connectivity index (χ1) is 6.18. The normalized spacial score (nSPS) is 17.1. The molecule has 1 aromatic rings. The third-order valence-electron chi connectivity index (χ3n) is 2.53. The summed E-state index contributed by atoms with van der Waals surface area (Å²) in [6, 6.07) is 2.11. The van der Waals surface area contributed by atoms with Gasteiger partial charge in [0.1, 0.15) is 5.82 Å². The molecule has 0 aromatic carbocycles. The van der Waals surface area contributed by atoms with Gasteiger partial charge in [-0.15, -0.1) is 0 Å². The molecule has 0 bridgehead atoms. The number of anilines is 1. The van der Waals surface area contributed by atoms with Gasteiger partial charge in [-0.25, -0.2) is 4.68 Å². The van der Waals surface area contributed by atoms with Crippen molar-refractivity contribution in [3.8, 4) is 0 Å². The Morgan fingerprint density at radius 3 is 3.08 bits per heavy atom. The lowest BCUT2D eigenvalue weighted by atomic mass is 10.2. The molecule has 0 fully saturated rings. The van der Waals surface area contributed by atoms with Crippen molar-refractivity contribution in [1.82, 2.24) is 9.78 Å². The number of aromatic nitrogens is 2. The molecule has 1 aromatic heterocycles. The van der Waals surface area contributed by atoms with E-state index in [1.165, 1.54) is 11.5 Å². The zero-order valence-electron chi connectivity index (χ0n) is 8.25.